The molecule has 128 valence electrons. The zero-order valence-corrected chi connectivity index (χ0v) is 14.5. The molecule has 2 heterocycles. The van der Waals surface area contributed by atoms with Crippen molar-refractivity contribution in [2.24, 2.45) is 5.41 Å². The predicted octanol–water partition coefficient (Wildman–Crippen LogP) is 3.28. The second-order valence-corrected chi connectivity index (χ2v) is 6.99. The fourth-order valence-electron chi connectivity index (χ4n) is 4.44. The van der Waals surface area contributed by atoms with Gasteiger partial charge in [0.05, 0.1) is 11.6 Å². The van der Waals surface area contributed by atoms with Crippen molar-refractivity contribution in [1.82, 2.24) is 4.98 Å². The van der Waals surface area contributed by atoms with Crippen LogP contribution in [0, 0.1) is 16.7 Å². The Balaban J connectivity index is 1.65. The standard InChI is InChI=1S/C20H21N3O2/c1-24-20(25-2)12-19(13-20)14-23(17-9-8-15(10-21)11-22-17)18(19)16-6-4-3-5-7-16/h3-9,11,18H,12-14H2,1-2H3. The number of aromatic nitrogens is 1. The van der Waals surface area contributed by atoms with Gasteiger partial charge in [-0.1, -0.05) is 30.3 Å². The van der Waals surface area contributed by atoms with Crippen LogP contribution < -0.4 is 4.90 Å². The molecule has 1 unspecified atom stereocenters. The van der Waals surface area contributed by atoms with Crippen LogP contribution in [0.2, 0.25) is 0 Å². The van der Waals surface area contributed by atoms with Gasteiger partial charge in [0.1, 0.15) is 11.9 Å². The Labute approximate surface area is 147 Å². The second-order valence-electron chi connectivity index (χ2n) is 6.99. The number of methoxy groups -OCH3 is 2. The van der Waals surface area contributed by atoms with E-state index in [1.807, 2.05) is 18.2 Å². The fraction of sp³-hybridized carbons (Fsp3) is 0.400. The summed E-state index contributed by atoms with van der Waals surface area (Å²) in [7, 11) is 3.43. The molecule has 1 saturated carbocycles. The number of hydrogen-bond acceptors (Lipinski definition) is 5. The molecular weight excluding hydrogens is 314 g/mol. The van der Waals surface area contributed by atoms with E-state index in [1.165, 1.54) is 5.56 Å². The van der Waals surface area contributed by atoms with Crippen LogP contribution in [0.4, 0.5) is 5.82 Å². The van der Waals surface area contributed by atoms with Gasteiger partial charge in [0, 0.05) is 45.2 Å². The largest absolute Gasteiger partial charge is 0.353 e. The molecular formula is C20H21N3O2. The lowest BCUT2D eigenvalue weighted by atomic mass is 9.53. The van der Waals surface area contributed by atoms with Crippen molar-refractivity contribution in [1.29, 1.82) is 5.26 Å². The molecule has 1 aromatic carbocycles. The topological polar surface area (TPSA) is 58.4 Å². The average molecular weight is 335 g/mol. The number of pyridine rings is 1. The van der Waals surface area contributed by atoms with Crippen LogP contribution in [-0.4, -0.2) is 31.5 Å². The first kappa shape index (κ1) is 16.1. The van der Waals surface area contributed by atoms with Crippen molar-refractivity contribution < 1.29 is 9.47 Å². The lowest BCUT2D eigenvalue weighted by Gasteiger charge is -2.67. The molecule has 1 aliphatic heterocycles. The Kier molecular flexibility index (Phi) is 3.75. The molecule has 5 nitrogen and oxygen atoms in total. The van der Waals surface area contributed by atoms with E-state index in [1.54, 1.807) is 20.4 Å². The molecule has 0 N–H and O–H groups in total. The second kappa shape index (κ2) is 5.83. The van der Waals surface area contributed by atoms with Crippen molar-refractivity contribution in [3.05, 3.63) is 59.8 Å². The van der Waals surface area contributed by atoms with Gasteiger partial charge in [-0.2, -0.15) is 5.26 Å². The van der Waals surface area contributed by atoms with Crippen LogP contribution in [0.25, 0.3) is 0 Å². The first-order chi connectivity index (χ1) is 12.2. The maximum absolute atomic E-state index is 8.98. The number of ether oxygens (including phenoxy) is 2. The Bertz CT molecular complexity index is 786. The molecule has 4 rings (SSSR count). The molecule has 1 spiro atoms. The van der Waals surface area contributed by atoms with E-state index < -0.39 is 5.79 Å². The van der Waals surface area contributed by atoms with E-state index in [2.05, 4.69) is 40.2 Å². The van der Waals surface area contributed by atoms with Gasteiger partial charge in [0.15, 0.2) is 5.79 Å². The van der Waals surface area contributed by atoms with Crippen molar-refractivity contribution in [2.45, 2.75) is 24.7 Å². The molecule has 1 aliphatic carbocycles. The Morgan fingerprint density at radius 2 is 1.84 bits per heavy atom. The normalized spacial score (nSPS) is 22.8. The van der Waals surface area contributed by atoms with Crippen molar-refractivity contribution in [3.63, 3.8) is 0 Å². The summed E-state index contributed by atoms with van der Waals surface area (Å²) in [6.07, 6.45) is 3.39. The van der Waals surface area contributed by atoms with E-state index in [0.29, 0.717) is 5.56 Å². The van der Waals surface area contributed by atoms with E-state index in [0.717, 1.165) is 25.2 Å². The summed E-state index contributed by atoms with van der Waals surface area (Å²) in [5.74, 6) is 0.447. The molecule has 2 fully saturated rings. The monoisotopic (exact) mass is 335 g/mol. The summed E-state index contributed by atoms with van der Waals surface area (Å²) >= 11 is 0. The third-order valence-electron chi connectivity index (χ3n) is 5.65. The Hall–Kier alpha value is -2.42. The Morgan fingerprint density at radius 1 is 1.12 bits per heavy atom. The highest BCUT2D eigenvalue weighted by atomic mass is 16.7. The van der Waals surface area contributed by atoms with Crippen molar-refractivity contribution in [3.8, 4) is 6.07 Å². The number of nitriles is 1. The summed E-state index contributed by atoms with van der Waals surface area (Å²) in [6, 6.07) is 16.6. The summed E-state index contributed by atoms with van der Waals surface area (Å²) in [5, 5.41) is 8.98. The highest BCUT2D eigenvalue weighted by Gasteiger charge is 2.67. The van der Waals surface area contributed by atoms with Gasteiger partial charge in [-0.25, -0.2) is 4.98 Å². The zero-order chi connectivity index (χ0) is 17.5. The van der Waals surface area contributed by atoms with Gasteiger partial charge in [-0.3, -0.25) is 0 Å². The minimum atomic E-state index is -0.461. The highest BCUT2D eigenvalue weighted by Crippen LogP contribution is 2.65. The molecule has 1 atom stereocenters. The fourth-order valence-corrected chi connectivity index (χ4v) is 4.44. The van der Waals surface area contributed by atoms with Crippen LogP contribution in [-0.2, 0) is 9.47 Å². The molecule has 0 bridgehead atoms. The molecule has 1 aromatic heterocycles. The van der Waals surface area contributed by atoms with Gasteiger partial charge >= 0.3 is 0 Å². The molecule has 0 amide bonds. The van der Waals surface area contributed by atoms with Crippen molar-refractivity contribution in [2.75, 3.05) is 25.7 Å². The first-order valence-electron chi connectivity index (χ1n) is 8.43. The molecule has 0 radical (unpaired) electrons. The summed E-state index contributed by atoms with van der Waals surface area (Å²) < 4.78 is 11.2. The van der Waals surface area contributed by atoms with E-state index >= 15 is 0 Å². The lowest BCUT2D eigenvalue weighted by Crippen LogP contribution is -2.70. The summed E-state index contributed by atoms with van der Waals surface area (Å²) in [4.78, 5) is 6.80. The zero-order valence-electron chi connectivity index (χ0n) is 14.5. The van der Waals surface area contributed by atoms with Crippen molar-refractivity contribution >= 4 is 5.82 Å². The molecule has 2 aromatic rings. The maximum Gasteiger partial charge on any atom is 0.168 e. The quantitative estimate of drug-likeness (QED) is 0.803. The van der Waals surface area contributed by atoms with Gasteiger partial charge < -0.3 is 14.4 Å². The predicted molar refractivity (Wildman–Crippen MR) is 93.9 cm³/mol. The van der Waals surface area contributed by atoms with Crippen LogP contribution in [0.3, 0.4) is 0 Å². The van der Waals surface area contributed by atoms with Crippen LogP contribution in [0.1, 0.15) is 30.0 Å². The minimum Gasteiger partial charge on any atom is -0.353 e. The number of benzene rings is 1. The first-order valence-corrected chi connectivity index (χ1v) is 8.43. The van der Waals surface area contributed by atoms with Gasteiger partial charge in [0.2, 0.25) is 0 Å². The summed E-state index contributed by atoms with van der Waals surface area (Å²) in [6.45, 7) is 0.917. The van der Waals surface area contributed by atoms with Gasteiger partial charge in [0.25, 0.3) is 0 Å². The number of nitrogens with zero attached hydrogens (tertiary/aromatic N) is 3. The van der Waals surface area contributed by atoms with E-state index in [9.17, 15) is 0 Å². The third-order valence-corrected chi connectivity index (χ3v) is 5.65. The average Bonchev–Trinajstić information content (AvgIpc) is 2.62. The summed E-state index contributed by atoms with van der Waals surface area (Å²) in [5.41, 5.74) is 2.00. The van der Waals surface area contributed by atoms with Gasteiger partial charge in [-0.15, -0.1) is 0 Å². The third kappa shape index (κ3) is 2.41. The Morgan fingerprint density at radius 3 is 2.40 bits per heavy atom. The lowest BCUT2D eigenvalue weighted by molar-refractivity contribution is -0.310. The van der Waals surface area contributed by atoms with Gasteiger partial charge in [-0.05, 0) is 17.7 Å². The molecule has 2 aliphatic rings. The highest BCUT2D eigenvalue weighted by molar-refractivity contribution is 5.51. The van der Waals surface area contributed by atoms with Crippen LogP contribution >= 0.6 is 0 Å². The molecule has 5 heteroatoms. The number of hydrogen-bond donors (Lipinski definition) is 0. The minimum absolute atomic E-state index is 0.142. The molecule has 25 heavy (non-hydrogen) atoms. The van der Waals surface area contributed by atoms with E-state index in [-0.39, 0.29) is 11.5 Å². The van der Waals surface area contributed by atoms with Crippen LogP contribution in [0.15, 0.2) is 48.7 Å². The van der Waals surface area contributed by atoms with Crippen LogP contribution in [0.5, 0.6) is 0 Å². The van der Waals surface area contributed by atoms with E-state index in [4.69, 9.17) is 14.7 Å². The maximum atomic E-state index is 8.98. The number of rotatable bonds is 4. The molecule has 1 saturated heterocycles. The SMILES string of the molecule is COC1(OC)CC2(CN(c3ccc(C#N)cn3)C2c2ccccc2)C1. The number of anilines is 1. The smallest absolute Gasteiger partial charge is 0.168 e.